The van der Waals surface area contributed by atoms with Crippen LogP contribution in [-0.2, 0) is 4.79 Å². The number of amides is 1. The Bertz CT molecular complexity index is 876. The highest BCUT2D eigenvalue weighted by Crippen LogP contribution is 2.55. The molecule has 0 unspecified atom stereocenters. The average molecular weight is 460 g/mol. The van der Waals surface area contributed by atoms with E-state index in [4.69, 9.17) is 0 Å². The fourth-order valence-corrected chi connectivity index (χ4v) is 9.37. The SMILES string of the molecule is O=C(CCCCC[P+](c1ccccc1)(c1ccccc1)c1ccccc1)NC1CCNCC1. The van der Waals surface area contributed by atoms with Crippen LogP contribution >= 0.6 is 7.26 Å². The van der Waals surface area contributed by atoms with Gasteiger partial charge >= 0.3 is 0 Å². The Kier molecular flexibility index (Phi) is 8.69. The lowest BCUT2D eigenvalue weighted by Crippen LogP contribution is -2.42. The molecule has 4 heteroatoms. The number of carbonyl (C=O) groups is 1. The van der Waals surface area contributed by atoms with Crippen LogP contribution in [-0.4, -0.2) is 31.2 Å². The van der Waals surface area contributed by atoms with Crippen LogP contribution in [0.3, 0.4) is 0 Å². The Labute approximate surface area is 199 Å². The molecule has 3 aromatic carbocycles. The Morgan fingerprint density at radius 2 is 1.21 bits per heavy atom. The van der Waals surface area contributed by atoms with Gasteiger partial charge in [-0.1, -0.05) is 54.6 Å². The molecule has 0 spiro atoms. The maximum atomic E-state index is 12.4. The zero-order valence-corrected chi connectivity index (χ0v) is 20.4. The summed E-state index contributed by atoms with van der Waals surface area (Å²) < 4.78 is 0. The Hall–Kier alpha value is -2.48. The van der Waals surface area contributed by atoms with Crippen molar-refractivity contribution in [1.29, 1.82) is 0 Å². The highest BCUT2D eigenvalue weighted by atomic mass is 31.2. The second kappa shape index (κ2) is 12.1. The number of carbonyl (C=O) groups excluding carboxylic acids is 1. The smallest absolute Gasteiger partial charge is 0.220 e. The third kappa shape index (κ3) is 6.10. The molecule has 3 nitrogen and oxygen atoms in total. The van der Waals surface area contributed by atoms with Crippen LogP contribution in [0.4, 0.5) is 0 Å². The number of piperidine rings is 1. The molecule has 172 valence electrons. The first-order valence-electron chi connectivity index (χ1n) is 12.3. The molecule has 33 heavy (non-hydrogen) atoms. The highest BCUT2D eigenvalue weighted by Gasteiger charge is 2.44. The molecule has 4 rings (SSSR count). The Morgan fingerprint density at radius 3 is 1.70 bits per heavy atom. The van der Waals surface area contributed by atoms with Crippen molar-refractivity contribution in [2.45, 2.75) is 44.6 Å². The van der Waals surface area contributed by atoms with E-state index in [0.717, 1.165) is 51.4 Å². The van der Waals surface area contributed by atoms with E-state index in [1.165, 1.54) is 15.9 Å². The summed E-state index contributed by atoms with van der Waals surface area (Å²) in [7, 11) is -1.75. The van der Waals surface area contributed by atoms with E-state index in [1.807, 2.05) is 0 Å². The van der Waals surface area contributed by atoms with Crippen LogP contribution in [0.1, 0.15) is 38.5 Å². The van der Waals surface area contributed by atoms with Crippen LogP contribution in [0.15, 0.2) is 91.0 Å². The van der Waals surface area contributed by atoms with Crippen LogP contribution < -0.4 is 26.5 Å². The lowest BCUT2D eigenvalue weighted by Gasteiger charge is -2.27. The number of benzene rings is 3. The number of rotatable bonds is 10. The van der Waals surface area contributed by atoms with Gasteiger partial charge < -0.3 is 10.6 Å². The predicted molar refractivity (Wildman–Crippen MR) is 143 cm³/mol. The van der Waals surface area contributed by atoms with Gasteiger partial charge in [0.05, 0.1) is 6.16 Å². The fourth-order valence-electron chi connectivity index (χ4n) is 4.96. The average Bonchev–Trinajstić information content (AvgIpc) is 2.88. The molecule has 3 aromatic rings. The molecule has 0 aliphatic carbocycles. The van der Waals surface area contributed by atoms with E-state index >= 15 is 0 Å². The monoisotopic (exact) mass is 459 g/mol. The molecule has 0 radical (unpaired) electrons. The van der Waals surface area contributed by atoms with Crippen molar-refractivity contribution in [3.8, 4) is 0 Å². The predicted octanol–water partition coefficient (Wildman–Crippen LogP) is 4.41. The van der Waals surface area contributed by atoms with Gasteiger partial charge in [-0.2, -0.15) is 0 Å². The topological polar surface area (TPSA) is 41.1 Å². The molecule has 0 saturated carbocycles. The highest BCUT2D eigenvalue weighted by molar-refractivity contribution is 7.95. The molecule has 1 fully saturated rings. The second-order valence-corrected chi connectivity index (χ2v) is 12.6. The van der Waals surface area contributed by atoms with E-state index in [9.17, 15) is 4.79 Å². The summed E-state index contributed by atoms with van der Waals surface area (Å²) >= 11 is 0. The van der Waals surface area contributed by atoms with Crippen LogP contribution in [0.5, 0.6) is 0 Å². The third-order valence-corrected chi connectivity index (χ3v) is 11.2. The molecule has 1 aliphatic rings. The molecular formula is C29H36N2OP+. The number of hydrogen-bond acceptors (Lipinski definition) is 2. The summed E-state index contributed by atoms with van der Waals surface area (Å²) in [6, 6.07) is 33.5. The van der Waals surface area contributed by atoms with E-state index in [-0.39, 0.29) is 5.91 Å². The minimum absolute atomic E-state index is 0.220. The Morgan fingerprint density at radius 1 is 0.727 bits per heavy atom. The van der Waals surface area contributed by atoms with Crippen molar-refractivity contribution in [3.63, 3.8) is 0 Å². The van der Waals surface area contributed by atoms with Crippen molar-refractivity contribution >= 4 is 29.1 Å². The van der Waals surface area contributed by atoms with Crippen molar-refractivity contribution < 1.29 is 4.79 Å². The maximum absolute atomic E-state index is 12.4. The van der Waals surface area contributed by atoms with Crippen LogP contribution in [0.2, 0.25) is 0 Å². The number of unbranched alkanes of at least 4 members (excludes halogenated alkanes) is 2. The molecule has 1 saturated heterocycles. The number of hydrogen-bond donors (Lipinski definition) is 2. The van der Waals surface area contributed by atoms with Gasteiger partial charge in [-0.25, -0.2) is 0 Å². The molecule has 0 bridgehead atoms. The van der Waals surface area contributed by atoms with Crippen molar-refractivity contribution in [1.82, 2.24) is 10.6 Å². The van der Waals surface area contributed by atoms with Gasteiger partial charge in [-0.05, 0) is 81.6 Å². The lowest BCUT2D eigenvalue weighted by atomic mass is 10.1. The summed E-state index contributed by atoms with van der Waals surface area (Å²) in [5.41, 5.74) is 0. The minimum atomic E-state index is -1.75. The zero-order chi connectivity index (χ0) is 22.8. The molecule has 0 aromatic heterocycles. The third-order valence-electron chi connectivity index (χ3n) is 6.69. The molecule has 0 atom stereocenters. The van der Waals surface area contributed by atoms with Gasteiger partial charge in [0.2, 0.25) is 5.91 Å². The van der Waals surface area contributed by atoms with Crippen LogP contribution in [0, 0.1) is 0 Å². The molecule has 1 heterocycles. The fraction of sp³-hybridized carbons (Fsp3) is 0.345. The normalized spacial score (nSPS) is 14.7. The summed E-state index contributed by atoms with van der Waals surface area (Å²) in [5, 5.41) is 10.9. The molecule has 1 aliphatic heterocycles. The first kappa shape index (κ1) is 23.7. The molecule has 1 amide bonds. The van der Waals surface area contributed by atoms with Gasteiger partial charge in [0.25, 0.3) is 0 Å². The Balaban J connectivity index is 1.46. The van der Waals surface area contributed by atoms with E-state index in [0.29, 0.717) is 12.5 Å². The minimum Gasteiger partial charge on any atom is -0.353 e. The maximum Gasteiger partial charge on any atom is 0.220 e. The standard InChI is InChI=1S/C29H35N2OP/c32-29(31-25-20-22-30-23-21-25)19-11-4-12-24-33(26-13-5-1-6-14-26,27-15-7-2-8-16-27)28-17-9-3-10-18-28/h1-3,5-10,13-18,25,30H,4,11-12,19-24H2/p+1. The summed E-state index contributed by atoms with van der Waals surface area (Å²) in [6.45, 7) is 2.02. The van der Waals surface area contributed by atoms with Gasteiger partial charge in [-0.3, -0.25) is 4.79 Å². The second-order valence-electron chi connectivity index (χ2n) is 8.94. The van der Waals surface area contributed by atoms with Crippen LogP contribution in [0.25, 0.3) is 0 Å². The van der Waals surface area contributed by atoms with Crippen molar-refractivity contribution in [2.75, 3.05) is 19.3 Å². The van der Waals surface area contributed by atoms with Gasteiger partial charge in [0.1, 0.15) is 23.2 Å². The summed E-state index contributed by atoms with van der Waals surface area (Å²) in [5.74, 6) is 0.220. The van der Waals surface area contributed by atoms with Crippen molar-refractivity contribution in [3.05, 3.63) is 91.0 Å². The van der Waals surface area contributed by atoms with Crippen molar-refractivity contribution in [2.24, 2.45) is 0 Å². The first-order chi connectivity index (χ1) is 16.3. The molecular weight excluding hydrogens is 423 g/mol. The van der Waals surface area contributed by atoms with Gasteiger partial charge in [0, 0.05) is 12.5 Å². The quantitative estimate of drug-likeness (QED) is 0.348. The largest absolute Gasteiger partial charge is 0.353 e. The zero-order valence-electron chi connectivity index (χ0n) is 19.5. The van der Waals surface area contributed by atoms with Gasteiger partial charge in [-0.15, -0.1) is 0 Å². The summed E-state index contributed by atoms with van der Waals surface area (Å²) in [4.78, 5) is 12.4. The molecule has 2 N–H and O–H groups in total. The lowest BCUT2D eigenvalue weighted by molar-refractivity contribution is -0.122. The van der Waals surface area contributed by atoms with E-state index < -0.39 is 7.26 Å². The van der Waals surface area contributed by atoms with E-state index in [2.05, 4.69) is 102 Å². The van der Waals surface area contributed by atoms with E-state index in [1.54, 1.807) is 0 Å². The first-order valence-corrected chi connectivity index (χ1v) is 14.3. The summed E-state index contributed by atoms with van der Waals surface area (Å²) in [6.07, 6.45) is 7.00. The number of nitrogens with one attached hydrogen (secondary N) is 2. The van der Waals surface area contributed by atoms with Gasteiger partial charge in [0.15, 0.2) is 0 Å².